The lowest BCUT2D eigenvalue weighted by molar-refractivity contribution is -0.142. The molecule has 3 heterocycles. The topological polar surface area (TPSA) is 82.1 Å². The van der Waals surface area contributed by atoms with E-state index in [1.165, 1.54) is 4.90 Å². The zero-order valence-electron chi connectivity index (χ0n) is 22.7. The van der Waals surface area contributed by atoms with Crippen molar-refractivity contribution in [3.8, 4) is 17.2 Å². The zero-order valence-corrected chi connectivity index (χ0v) is 22.7. The number of nitrogens with zero attached hydrogens (tertiary/aromatic N) is 1. The van der Waals surface area contributed by atoms with E-state index >= 15 is 0 Å². The number of anilines is 1. The van der Waals surface area contributed by atoms with Gasteiger partial charge in [0.1, 0.15) is 5.75 Å². The van der Waals surface area contributed by atoms with Gasteiger partial charge >= 0.3 is 5.97 Å². The molecule has 0 bridgehead atoms. The van der Waals surface area contributed by atoms with E-state index in [1.54, 1.807) is 12.1 Å². The Labute approximate surface area is 245 Å². The van der Waals surface area contributed by atoms with Crippen LogP contribution in [0.5, 0.6) is 17.2 Å². The van der Waals surface area contributed by atoms with Crippen LogP contribution in [-0.4, -0.2) is 24.6 Å². The van der Waals surface area contributed by atoms with E-state index in [-0.39, 0.29) is 12.7 Å². The highest BCUT2D eigenvalue weighted by Crippen LogP contribution is 2.56. The lowest BCUT2D eigenvalue weighted by atomic mass is 9.64. The number of hydrogen-bond donors (Lipinski definition) is 0. The Bertz CT molecular complexity index is 2100. The van der Waals surface area contributed by atoms with Crippen LogP contribution in [0.1, 0.15) is 17.0 Å². The number of benzene rings is 5. The van der Waals surface area contributed by atoms with Crippen molar-refractivity contribution in [3.05, 3.63) is 114 Å². The normalized spacial score (nSPS) is 23.6. The lowest BCUT2D eigenvalue weighted by Gasteiger charge is -2.38. The Kier molecular flexibility index (Phi) is 4.94. The van der Waals surface area contributed by atoms with Gasteiger partial charge in [-0.25, -0.2) is 4.90 Å². The van der Waals surface area contributed by atoms with Gasteiger partial charge in [-0.05, 0) is 63.0 Å². The van der Waals surface area contributed by atoms with Crippen molar-refractivity contribution in [2.75, 3.05) is 11.7 Å². The summed E-state index contributed by atoms with van der Waals surface area (Å²) in [6.07, 6.45) is 2.00. The number of esters is 1. The highest BCUT2D eigenvalue weighted by molar-refractivity contribution is 6.25. The number of imide groups is 1. The number of allylic oxidation sites excluding steroid dienone is 1. The molecule has 9 rings (SSSR count). The zero-order chi connectivity index (χ0) is 28.8. The van der Waals surface area contributed by atoms with Crippen LogP contribution in [0.3, 0.4) is 0 Å². The fourth-order valence-electron chi connectivity index (χ4n) is 7.35. The summed E-state index contributed by atoms with van der Waals surface area (Å²) >= 11 is 0. The maximum Gasteiger partial charge on any atom is 0.319 e. The molecule has 0 unspecified atom stereocenters. The molecule has 0 radical (unpaired) electrons. The van der Waals surface area contributed by atoms with Crippen molar-refractivity contribution in [1.82, 2.24) is 0 Å². The molecule has 1 aliphatic carbocycles. The minimum absolute atomic E-state index is 0.122. The Hall–Kier alpha value is -5.43. The van der Waals surface area contributed by atoms with Gasteiger partial charge in [0.15, 0.2) is 11.5 Å². The van der Waals surface area contributed by atoms with Crippen LogP contribution in [0.15, 0.2) is 103 Å². The molecule has 7 nitrogen and oxygen atoms in total. The lowest BCUT2D eigenvalue weighted by Crippen LogP contribution is -2.42. The summed E-state index contributed by atoms with van der Waals surface area (Å²) in [6, 6.07) is 30.6. The van der Waals surface area contributed by atoms with Crippen molar-refractivity contribution in [2.45, 2.75) is 5.92 Å². The summed E-state index contributed by atoms with van der Waals surface area (Å²) in [5.41, 5.74) is 2.81. The molecule has 4 aliphatic rings. The van der Waals surface area contributed by atoms with Crippen LogP contribution < -0.4 is 19.1 Å². The first-order valence-corrected chi connectivity index (χ1v) is 14.3. The van der Waals surface area contributed by atoms with Crippen LogP contribution in [0.25, 0.3) is 27.1 Å². The third kappa shape index (κ3) is 3.39. The molecule has 2 amide bonds. The summed E-state index contributed by atoms with van der Waals surface area (Å²) in [5, 5.41) is 3.84. The van der Waals surface area contributed by atoms with Crippen molar-refractivity contribution in [1.29, 1.82) is 0 Å². The number of carbonyl (C=O) groups excluding carboxylic acids is 3. The number of rotatable bonds is 2. The number of carbonyl (C=O) groups is 3. The molecule has 5 aromatic carbocycles. The molecule has 3 aliphatic heterocycles. The summed E-state index contributed by atoms with van der Waals surface area (Å²) < 4.78 is 17.1. The van der Waals surface area contributed by atoms with Gasteiger partial charge in [0.25, 0.3) is 0 Å². The van der Waals surface area contributed by atoms with Gasteiger partial charge in [0.05, 0.1) is 23.4 Å². The minimum atomic E-state index is -0.936. The van der Waals surface area contributed by atoms with Gasteiger partial charge in [0, 0.05) is 11.5 Å². The average molecular weight is 566 g/mol. The van der Waals surface area contributed by atoms with Gasteiger partial charge in [-0.2, -0.15) is 0 Å². The predicted octanol–water partition coefficient (Wildman–Crippen LogP) is 6.24. The van der Waals surface area contributed by atoms with E-state index in [2.05, 4.69) is 0 Å². The second-order valence-electron chi connectivity index (χ2n) is 11.4. The fourth-order valence-corrected chi connectivity index (χ4v) is 7.35. The Morgan fingerprint density at radius 2 is 1.37 bits per heavy atom. The molecule has 208 valence electrons. The number of amides is 2. The van der Waals surface area contributed by atoms with Crippen LogP contribution >= 0.6 is 0 Å². The number of fused-ring (bicyclic) bond motifs is 9. The molecule has 0 spiro atoms. The van der Waals surface area contributed by atoms with Gasteiger partial charge < -0.3 is 14.2 Å². The molecule has 5 aromatic rings. The first-order valence-electron chi connectivity index (χ1n) is 14.3. The monoisotopic (exact) mass is 565 g/mol. The SMILES string of the molecule is O=C1Oc2ccc3ccccc3c2C2=C[C@H](c3ccc4c(c3)OCO4)[C@@H]3C(=O)N(c4ccc5ccccc5c4)C(=O)[C@H]3[C@H]12. The Morgan fingerprint density at radius 3 is 2.26 bits per heavy atom. The molecule has 4 atom stereocenters. The minimum Gasteiger partial charge on any atom is -0.454 e. The standard InChI is InChI=1S/C36H23NO6/c38-34-31-25(22-11-13-27-29(16-22)42-18-41-27)17-26-30-24-8-4-3-6-20(24)10-14-28(30)43-36(40)32(26)33(31)35(39)37(34)23-12-9-19-5-1-2-7-21(19)15-23/h1-17,25,31-33H,18H2/t25-,31+,32-,33-/m1/s1. The van der Waals surface area contributed by atoms with Gasteiger partial charge in [0.2, 0.25) is 18.6 Å². The van der Waals surface area contributed by atoms with Gasteiger partial charge in [-0.1, -0.05) is 72.8 Å². The van der Waals surface area contributed by atoms with E-state index in [0.717, 1.165) is 32.7 Å². The maximum atomic E-state index is 14.5. The van der Waals surface area contributed by atoms with E-state index in [9.17, 15) is 14.4 Å². The molecule has 43 heavy (non-hydrogen) atoms. The van der Waals surface area contributed by atoms with E-state index < -0.39 is 35.5 Å². The van der Waals surface area contributed by atoms with Crippen molar-refractivity contribution in [3.63, 3.8) is 0 Å². The highest BCUT2D eigenvalue weighted by Gasteiger charge is 2.60. The summed E-state index contributed by atoms with van der Waals surface area (Å²) in [5.74, 6) is -2.73. The Morgan fingerprint density at radius 1 is 0.651 bits per heavy atom. The first kappa shape index (κ1) is 24.2. The van der Waals surface area contributed by atoms with E-state index in [4.69, 9.17) is 14.2 Å². The molecule has 0 N–H and O–H groups in total. The van der Waals surface area contributed by atoms with E-state index in [1.807, 2.05) is 91.0 Å². The fraction of sp³-hybridized carbons (Fsp3) is 0.139. The van der Waals surface area contributed by atoms with Crippen LogP contribution in [0, 0.1) is 17.8 Å². The largest absolute Gasteiger partial charge is 0.454 e. The summed E-state index contributed by atoms with van der Waals surface area (Å²) in [7, 11) is 0. The number of hydrogen-bond acceptors (Lipinski definition) is 6. The smallest absolute Gasteiger partial charge is 0.319 e. The third-order valence-electron chi connectivity index (χ3n) is 9.25. The molecule has 7 heteroatoms. The average Bonchev–Trinajstić information content (AvgIpc) is 3.61. The summed E-state index contributed by atoms with van der Waals surface area (Å²) in [6.45, 7) is 0.122. The third-order valence-corrected chi connectivity index (χ3v) is 9.25. The first-order chi connectivity index (χ1) is 21.1. The van der Waals surface area contributed by atoms with E-state index in [0.29, 0.717) is 28.5 Å². The number of ether oxygens (including phenoxy) is 3. The van der Waals surface area contributed by atoms with Crippen LogP contribution in [0.4, 0.5) is 5.69 Å². The van der Waals surface area contributed by atoms with Crippen LogP contribution in [-0.2, 0) is 14.4 Å². The quantitative estimate of drug-likeness (QED) is 0.143. The second-order valence-corrected chi connectivity index (χ2v) is 11.4. The molecule has 0 saturated carbocycles. The molecular weight excluding hydrogens is 542 g/mol. The maximum absolute atomic E-state index is 14.5. The van der Waals surface area contributed by atoms with Gasteiger partial charge in [-0.3, -0.25) is 14.4 Å². The van der Waals surface area contributed by atoms with Gasteiger partial charge in [-0.15, -0.1) is 0 Å². The second kappa shape index (κ2) is 8.79. The van der Waals surface area contributed by atoms with Crippen molar-refractivity contribution in [2.24, 2.45) is 17.8 Å². The summed E-state index contributed by atoms with van der Waals surface area (Å²) in [4.78, 5) is 43.9. The van der Waals surface area contributed by atoms with Crippen LogP contribution in [0.2, 0.25) is 0 Å². The molecule has 1 saturated heterocycles. The molecule has 0 aromatic heterocycles. The molecular formula is C36H23NO6. The highest BCUT2D eigenvalue weighted by atomic mass is 16.7. The molecule has 1 fully saturated rings. The van der Waals surface area contributed by atoms with Crippen molar-refractivity contribution >= 4 is 50.6 Å². The Balaban J connectivity index is 1.26. The predicted molar refractivity (Wildman–Crippen MR) is 160 cm³/mol. The van der Waals surface area contributed by atoms with Crippen molar-refractivity contribution < 1.29 is 28.6 Å².